The lowest BCUT2D eigenvalue weighted by Crippen LogP contribution is -2.36. The molecule has 0 saturated carbocycles. The van der Waals surface area contributed by atoms with Crippen LogP contribution in [0.5, 0.6) is 0 Å². The second-order valence-corrected chi connectivity index (χ2v) is 6.34. The largest absolute Gasteiger partial charge is 0.443 e. The van der Waals surface area contributed by atoms with Gasteiger partial charge in [0, 0.05) is 42.4 Å². The third-order valence-corrected chi connectivity index (χ3v) is 4.64. The number of carbonyl (C=O) groups excluding carboxylic acids is 1. The Morgan fingerprint density at radius 3 is 2.77 bits per heavy atom. The van der Waals surface area contributed by atoms with E-state index in [4.69, 9.17) is 9.15 Å². The normalized spacial score (nSPS) is 21.9. The summed E-state index contributed by atoms with van der Waals surface area (Å²) in [5, 5.41) is 0. The summed E-state index contributed by atoms with van der Waals surface area (Å²) in [6.45, 7) is 3.11. The number of morpholine rings is 1. The molecule has 0 bridgehead atoms. The number of halogens is 1. The maximum Gasteiger partial charge on any atom is 0.227 e. The Kier molecular flexibility index (Phi) is 3.50. The van der Waals surface area contributed by atoms with Gasteiger partial charge >= 0.3 is 0 Å². The molecule has 0 aromatic carbocycles. The van der Waals surface area contributed by atoms with Crippen LogP contribution >= 0.6 is 15.9 Å². The molecule has 0 radical (unpaired) electrons. The summed E-state index contributed by atoms with van der Waals surface area (Å²) in [7, 11) is 0. The van der Waals surface area contributed by atoms with Crippen molar-refractivity contribution in [1.29, 1.82) is 0 Å². The van der Waals surface area contributed by atoms with Gasteiger partial charge in [-0.25, -0.2) is 4.98 Å². The van der Waals surface area contributed by atoms with Crippen LogP contribution in [-0.2, 0) is 9.53 Å². The van der Waals surface area contributed by atoms with Crippen LogP contribution in [0.25, 0.3) is 5.57 Å². The van der Waals surface area contributed by atoms with Crippen molar-refractivity contribution in [1.82, 2.24) is 9.88 Å². The summed E-state index contributed by atoms with van der Waals surface area (Å²) in [5.41, 5.74) is 3.96. The number of hydrogen-bond donors (Lipinski definition) is 0. The van der Waals surface area contributed by atoms with Crippen LogP contribution in [0.15, 0.2) is 44.3 Å². The van der Waals surface area contributed by atoms with Gasteiger partial charge in [0.25, 0.3) is 0 Å². The van der Waals surface area contributed by atoms with Gasteiger partial charge in [-0.3, -0.25) is 4.79 Å². The van der Waals surface area contributed by atoms with Crippen molar-refractivity contribution in [2.24, 2.45) is 0 Å². The fourth-order valence-corrected chi connectivity index (χ4v) is 3.44. The topological polar surface area (TPSA) is 55.6 Å². The molecule has 0 amide bonds. The zero-order chi connectivity index (χ0) is 15.1. The molecule has 114 valence electrons. The molecule has 1 aromatic heterocycles. The van der Waals surface area contributed by atoms with Gasteiger partial charge < -0.3 is 14.1 Å². The molecular formula is C16H15BrN2O3. The first-order chi connectivity index (χ1) is 10.7. The standard InChI is InChI=1S/C16H15BrN2O3/c17-15-9-22-16(18-15)12-2-1-11-13(12)7-10(8-14(11)20)19-3-5-21-6-4-19/h2,8-9H,1,3-7H2. The molecule has 0 N–H and O–H groups in total. The molecule has 0 spiro atoms. The molecule has 3 aliphatic rings. The molecule has 0 unspecified atom stereocenters. The lowest BCUT2D eigenvalue weighted by molar-refractivity contribution is -0.111. The minimum atomic E-state index is 0.111. The SMILES string of the molecule is O=C1C=C(N2CCOCC2)CC2=C1CC=C2c1nc(Br)co1. The quantitative estimate of drug-likeness (QED) is 0.809. The van der Waals surface area contributed by atoms with Crippen molar-refractivity contribution in [2.45, 2.75) is 12.8 Å². The third-order valence-electron chi connectivity index (χ3n) is 4.28. The number of aromatic nitrogens is 1. The zero-order valence-corrected chi connectivity index (χ0v) is 13.6. The molecule has 1 fully saturated rings. The summed E-state index contributed by atoms with van der Waals surface area (Å²) < 4.78 is 11.5. The van der Waals surface area contributed by atoms with E-state index >= 15 is 0 Å². The average molecular weight is 363 g/mol. The lowest BCUT2D eigenvalue weighted by atomic mass is 9.92. The summed E-state index contributed by atoms with van der Waals surface area (Å²) in [6, 6.07) is 0. The molecule has 22 heavy (non-hydrogen) atoms. The first kappa shape index (κ1) is 14.0. The van der Waals surface area contributed by atoms with Crippen molar-refractivity contribution in [2.75, 3.05) is 26.3 Å². The molecule has 4 rings (SSSR count). The Hall–Kier alpha value is -1.66. The highest BCUT2D eigenvalue weighted by Crippen LogP contribution is 2.41. The van der Waals surface area contributed by atoms with E-state index in [9.17, 15) is 4.79 Å². The van der Waals surface area contributed by atoms with Gasteiger partial charge in [-0.1, -0.05) is 6.08 Å². The van der Waals surface area contributed by atoms with Crippen molar-refractivity contribution in [3.8, 4) is 0 Å². The fraction of sp³-hybridized carbons (Fsp3) is 0.375. The van der Waals surface area contributed by atoms with Crippen LogP contribution in [0.4, 0.5) is 0 Å². The van der Waals surface area contributed by atoms with Gasteiger partial charge in [0.05, 0.1) is 13.2 Å². The average Bonchev–Trinajstić information content (AvgIpc) is 3.14. The van der Waals surface area contributed by atoms with E-state index in [0.717, 1.165) is 41.9 Å². The molecule has 2 heterocycles. The lowest BCUT2D eigenvalue weighted by Gasteiger charge is -2.33. The van der Waals surface area contributed by atoms with E-state index in [0.29, 0.717) is 30.1 Å². The predicted octanol–water partition coefficient (Wildman–Crippen LogP) is 2.71. The summed E-state index contributed by atoms with van der Waals surface area (Å²) in [6.07, 6.45) is 6.81. The molecule has 2 aliphatic carbocycles. The summed E-state index contributed by atoms with van der Waals surface area (Å²) in [4.78, 5) is 19.0. The van der Waals surface area contributed by atoms with E-state index in [1.54, 1.807) is 12.3 Å². The fourth-order valence-electron chi connectivity index (χ4n) is 3.18. The van der Waals surface area contributed by atoms with Crippen LogP contribution in [0, 0.1) is 0 Å². The first-order valence-corrected chi connectivity index (χ1v) is 8.13. The molecular weight excluding hydrogens is 348 g/mol. The van der Waals surface area contributed by atoms with Gasteiger partial charge in [-0.15, -0.1) is 0 Å². The highest BCUT2D eigenvalue weighted by atomic mass is 79.9. The maximum atomic E-state index is 12.4. The third kappa shape index (κ3) is 2.36. The second-order valence-electron chi connectivity index (χ2n) is 5.53. The number of oxazole rings is 1. The van der Waals surface area contributed by atoms with Crippen LogP contribution in [-0.4, -0.2) is 42.0 Å². The van der Waals surface area contributed by atoms with Crippen LogP contribution in [0.1, 0.15) is 18.7 Å². The molecule has 1 aliphatic heterocycles. The van der Waals surface area contributed by atoms with Gasteiger partial charge in [0.2, 0.25) is 5.89 Å². The number of nitrogens with zero attached hydrogens (tertiary/aromatic N) is 2. The Bertz CT molecular complexity index is 724. The van der Waals surface area contributed by atoms with Gasteiger partial charge in [0.15, 0.2) is 5.78 Å². The highest BCUT2D eigenvalue weighted by molar-refractivity contribution is 9.10. The molecule has 1 aromatic rings. The Morgan fingerprint density at radius 1 is 1.23 bits per heavy atom. The number of hydrogen-bond acceptors (Lipinski definition) is 5. The number of allylic oxidation sites excluding steroid dienone is 5. The molecule has 0 atom stereocenters. The molecule has 5 nitrogen and oxygen atoms in total. The number of rotatable bonds is 2. The monoisotopic (exact) mass is 362 g/mol. The predicted molar refractivity (Wildman–Crippen MR) is 83.9 cm³/mol. The second kappa shape index (κ2) is 5.52. The number of ether oxygens (including phenoxy) is 1. The number of carbonyl (C=O) groups is 1. The van der Waals surface area contributed by atoms with Gasteiger partial charge in [-0.2, -0.15) is 0 Å². The van der Waals surface area contributed by atoms with E-state index in [1.165, 1.54) is 0 Å². The van der Waals surface area contributed by atoms with Crippen molar-refractivity contribution in [3.05, 3.63) is 45.8 Å². The van der Waals surface area contributed by atoms with Crippen molar-refractivity contribution < 1.29 is 13.9 Å². The van der Waals surface area contributed by atoms with E-state index < -0.39 is 0 Å². The van der Waals surface area contributed by atoms with Gasteiger partial charge in [-0.05, 0) is 27.9 Å². The molecule has 6 heteroatoms. The minimum absolute atomic E-state index is 0.111. The Balaban J connectivity index is 1.62. The summed E-state index contributed by atoms with van der Waals surface area (Å²) in [5.74, 6) is 0.688. The van der Waals surface area contributed by atoms with Crippen LogP contribution in [0.3, 0.4) is 0 Å². The maximum absolute atomic E-state index is 12.4. The highest BCUT2D eigenvalue weighted by Gasteiger charge is 2.31. The first-order valence-electron chi connectivity index (χ1n) is 7.34. The Labute approximate surface area is 136 Å². The van der Waals surface area contributed by atoms with Gasteiger partial charge in [0.1, 0.15) is 10.9 Å². The minimum Gasteiger partial charge on any atom is -0.443 e. The Morgan fingerprint density at radius 2 is 2.05 bits per heavy atom. The number of ketones is 1. The smallest absolute Gasteiger partial charge is 0.227 e. The van der Waals surface area contributed by atoms with E-state index in [1.807, 2.05) is 6.08 Å². The van der Waals surface area contributed by atoms with Crippen molar-refractivity contribution in [3.63, 3.8) is 0 Å². The van der Waals surface area contributed by atoms with E-state index in [-0.39, 0.29) is 5.78 Å². The van der Waals surface area contributed by atoms with Crippen molar-refractivity contribution >= 4 is 27.3 Å². The van der Waals surface area contributed by atoms with Crippen LogP contribution in [0.2, 0.25) is 0 Å². The van der Waals surface area contributed by atoms with E-state index in [2.05, 4.69) is 25.8 Å². The zero-order valence-electron chi connectivity index (χ0n) is 12.0. The molecule has 1 saturated heterocycles. The summed E-state index contributed by atoms with van der Waals surface area (Å²) >= 11 is 3.30. The van der Waals surface area contributed by atoms with Crippen LogP contribution < -0.4 is 0 Å².